The van der Waals surface area contributed by atoms with Crippen LogP contribution in [0.25, 0.3) is 11.4 Å². The van der Waals surface area contributed by atoms with Crippen LogP contribution in [0.2, 0.25) is 0 Å². The molecule has 1 aromatic carbocycles. The number of nitrogens with zero attached hydrogens (tertiary/aromatic N) is 3. The third kappa shape index (κ3) is 4.53. The summed E-state index contributed by atoms with van der Waals surface area (Å²) in [6.45, 7) is 2.17. The van der Waals surface area contributed by atoms with Crippen LogP contribution in [0.5, 0.6) is 0 Å². The largest absolute Gasteiger partial charge is 0.481 e. The molecule has 1 heterocycles. The summed E-state index contributed by atoms with van der Waals surface area (Å²) >= 11 is 0. The number of carboxylic acids is 1. The lowest BCUT2D eigenvalue weighted by Gasteiger charge is -2.08. The van der Waals surface area contributed by atoms with E-state index in [0.717, 1.165) is 11.4 Å². The molecule has 0 saturated carbocycles. The number of aryl methyl sites for hydroxylation is 1. The van der Waals surface area contributed by atoms with E-state index in [9.17, 15) is 9.59 Å². The highest BCUT2D eigenvalue weighted by Gasteiger charge is 2.09. The fourth-order valence-electron chi connectivity index (χ4n) is 2.01. The maximum atomic E-state index is 11.8. The molecule has 122 valence electrons. The Morgan fingerprint density at radius 2 is 2.09 bits per heavy atom. The number of rotatable bonds is 6. The zero-order chi connectivity index (χ0) is 16.8. The summed E-state index contributed by atoms with van der Waals surface area (Å²) in [5.74, 6) is 0.640. The van der Waals surface area contributed by atoms with Crippen molar-refractivity contribution >= 4 is 17.7 Å². The zero-order valence-electron chi connectivity index (χ0n) is 13.0. The second-order valence-corrected chi connectivity index (χ2v) is 5.09. The number of aromatic nitrogens is 3. The Morgan fingerprint density at radius 3 is 2.74 bits per heavy atom. The Labute approximate surface area is 133 Å². The quantitative estimate of drug-likeness (QED) is 0.704. The van der Waals surface area contributed by atoms with Gasteiger partial charge >= 0.3 is 12.0 Å². The molecule has 0 unspecified atom stereocenters. The number of carbonyl (C=O) groups excluding carboxylic acids is 1. The normalized spacial score (nSPS) is 10.3. The van der Waals surface area contributed by atoms with Crippen molar-refractivity contribution in [1.29, 1.82) is 0 Å². The molecular weight excluding hydrogens is 298 g/mol. The molecule has 0 aliphatic heterocycles. The lowest BCUT2D eigenvalue weighted by molar-refractivity contribution is -0.137. The second kappa shape index (κ2) is 7.39. The molecule has 0 saturated heterocycles. The van der Waals surface area contributed by atoms with Gasteiger partial charge in [-0.2, -0.15) is 0 Å². The van der Waals surface area contributed by atoms with E-state index in [2.05, 4.69) is 20.8 Å². The van der Waals surface area contributed by atoms with Gasteiger partial charge < -0.3 is 20.3 Å². The lowest BCUT2D eigenvalue weighted by atomic mass is 10.2. The Morgan fingerprint density at radius 1 is 1.30 bits per heavy atom. The van der Waals surface area contributed by atoms with E-state index in [-0.39, 0.29) is 12.5 Å². The summed E-state index contributed by atoms with van der Waals surface area (Å²) in [6, 6.07) is 6.91. The molecule has 23 heavy (non-hydrogen) atoms. The summed E-state index contributed by atoms with van der Waals surface area (Å²) in [4.78, 5) is 22.2. The van der Waals surface area contributed by atoms with Crippen molar-refractivity contribution in [2.45, 2.75) is 19.8 Å². The van der Waals surface area contributed by atoms with Crippen molar-refractivity contribution in [3.8, 4) is 11.4 Å². The fraction of sp³-hybridized carbons (Fsp3) is 0.333. The van der Waals surface area contributed by atoms with E-state index < -0.39 is 5.97 Å². The maximum Gasteiger partial charge on any atom is 0.319 e. The Balaban J connectivity index is 1.96. The SMILES string of the molecule is Cc1nnc(-c2cccc(NC(=O)NCCCC(=O)O)c2)n1C. The van der Waals surface area contributed by atoms with E-state index in [1.165, 1.54) is 0 Å². The topological polar surface area (TPSA) is 109 Å². The molecule has 2 amide bonds. The fourth-order valence-corrected chi connectivity index (χ4v) is 2.01. The van der Waals surface area contributed by atoms with Crippen LogP contribution in [0.15, 0.2) is 24.3 Å². The van der Waals surface area contributed by atoms with E-state index in [4.69, 9.17) is 5.11 Å². The van der Waals surface area contributed by atoms with Crippen LogP contribution in [-0.2, 0) is 11.8 Å². The van der Waals surface area contributed by atoms with Crippen LogP contribution >= 0.6 is 0 Å². The van der Waals surface area contributed by atoms with E-state index >= 15 is 0 Å². The van der Waals surface area contributed by atoms with Crippen molar-refractivity contribution in [3.63, 3.8) is 0 Å². The molecule has 2 aromatic rings. The first-order valence-corrected chi connectivity index (χ1v) is 7.20. The molecule has 3 N–H and O–H groups in total. The first kappa shape index (κ1) is 16.5. The Kier molecular flexibility index (Phi) is 5.29. The van der Waals surface area contributed by atoms with Crippen molar-refractivity contribution in [2.75, 3.05) is 11.9 Å². The van der Waals surface area contributed by atoms with Gasteiger partial charge in [-0.25, -0.2) is 4.79 Å². The van der Waals surface area contributed by atoms with Crippen LogP contribution in [0, 0.1) is 6.92 Å². The van der Waals surface area contributed by atoms with Gasteiger partial charge in [-0.05, 0) is 25.5 Å². The van der Waals surface area contributed by atoms with Crippen molar-refractivity contribution in [1.82, 2.24) is 20.1 Å². The molecule has 0 aliphatic carbocycles. The van der Waals surface area contributed by atoms with Gasteiger partial charge in [-0.15, -0.1) is 10.2 Å². The number of carbonyl (C=O) groups is 2. The van der Waals surface area contributed by atoms with Crippen molar-refractivity contribution in [2.24, 2.45) is 7.05 Å². The highest BCUT2D eigenvalue weighted by molar-refractivity contribution is 5.89. The number of anilines is 1. The summed E-state index contributed by atoms with van der Waals surface area (Å²) in [5.41, 5.74) is 1.47. The third-order valence-electron chi connectivity index (χ3n) is 3.32. The Bertz CT molecular complexity index is 711. The number of amides is 2. The molecule has 8 nitrogen and oxygen atoms in total. The summed E-state index contributed by atoms with van der Waals surface area (Å²) in [6.07, 6.45) is 0.419. The molecule has 2 rings (SSSR count). The van der Waals surface area contributed by atoms with E-state index in [1.807, 2.05) is 30.7 Å². The van der Waals surface area contributed by atoms with Gasteiger partial charge in [0.1, 0.15) is 5.82 Å². The monoisotopic (exact) mass is 317 g/mol. The first-order chi connectivity index (χ1) is 11.0. The smallest absolute Gasteiger partial charge is 0.319 e. The first-order valence-electron chi connectivity index (χ1n) is 7.20. The minimum absolute atomic E-state index is 0.0290. The number of aliphatic carboxylic acids is 1. The van der Waals surface area contributed by atoms with Gasteiger partial charge in [0.2, 0.25) is 0 Å². The number of hydrogen-bond acceptors (Lipinski definition) is 4. The van der Waals surface area contributed by atoms with Crippen LogP contribution in [0.1, 0.15) is 18.7 Å². The van der Waals surface area contributed by atoms with Gasteiger partial charge in [-0.1, -0.05) is 12.1 Å². The second-order valence-electron chi connectivity index (χ2n) is 5.09. The molecular formula is C15H19N5O3. The number of urea groups is 1. The molecule has 0 radical (unpaired) electrons. The van der Waals surface area contributed by atoms with Crippen molar-refractivity contribution in [3.05, 3.63) is 30.1 Å². The van der Waals surface area contributed by atoms with E-state index in [1.54, 1.807) is 12.1 Å². The van der Waals surface area contributed by atoms with Gasteiger partial charge in [0.05, 0.1) is 0 Å². The van der Waals surface area contributed by atoms with Gasteiger partial charge in [0.25, 0.3) is 0 Å². The molecule has 0 atom stereocenters. The van der Waals surface area contributed by atoms with Crippen LogP contribution in [-0.4, -0.2) is 38.4 Å². The third-order valence-corrected chi connectivity index (χ3v) is 3.32. The lowest BCUT2D eigenvalue weighted by Crippen LogP contribution is -2.29. The van der Waals surface area contributed by atoms with Crippen molar-refractivity contribution < 1.29 is 14.7 Å². The number of carboxylic acid groups (broad SMARTS) is 1. The minimum Gasteiger partial charge on any atom is -0.481 e. The molecule has 0 fully saturated rings. The molecule has 0 bridgehead atoms. The summed E-state index contributed by atoms with van der Waals surface area (Å²) in [5, 5.41) is 22.0. The van der Waals surface area contributed by atoms with E-state index in [0.29, 0.717) is 24.5 Å². The zero-order valence-corrected chi connectivity index (χ0v) is 13.0. The van der Waals surface area contributed by atoms with Crippen LogP contribution < -0.4 is 10.6 Å². The molecule has 0 spiro atoms. The predicted molar refractivity (Wildman–Crippen MR) is 85.1 cm³/mol. The van der Waals surface area contributed by atoms with Crippen LogP contribution in [0.3, 0.4) is 0 Å². The molecule has 1 aromatic heterocycles. The highest BCUT2D eigenvalue weighted by atomic mass is 16.4. The standard InChI is InChI=1S/C15H19N5O3/c1-10-18-19-14(20(10)2)11-5-3-6-12(9-11)17-15(23)16-8-4-7-13(21)22/h3,5-6,9H,4,7-8H2,1-2H3,(H,21,22)(H2,16,17,23). The molecule has 8 heteroatoms. The predicted octanol–water partition coefficient (Wildman–Crippen LogP) is 1.78. The Hall–Kier alpha value is -2.90. The average molecular weight is 317 g/mol. The summed E-state index contributed by atoms with van der Waals surface area (Å²) in [7, 11) is 1.87. The number of nitrogens with one attached hydrogen (secondary N) is 2. The highest BCUT2D eigenvalue weighted by Crippen LogP contribution is 2.20. The van der Waals surface area contributed by atoms with Gasteiger partial charge in [0.15, 0.2) is 5.82 Å². The van der Waals surface area contributed by atoms with Gasteiger partial charge in [-0.3, -0.25) is 4.79 Å². The molecule has 0 aliphatic rings. The number of hydrogen-bond donors (Lipinski definition) is 3. The maximum absolute atomic E-state index is 11.8. The van der Waals surface area contributed by atoms with Gasteiger partial charge in [0, 0.05) is 31.3 Å². The number of benzene rings is 1. The summed E-state index contributed by atoms with van der Waals surface area (Å²) < 4.78 is 1.87. The average Bonchev–Trinajstić information content (AvgIpc) is 2.84. The van der Waals surface area contributed by atoms with Crippen LogP contribution in [0.4, 0.5) is 10.5 Å². The minimum atomic E-state index is -0.876.